The summed E-state index contributed by atoms with van der Waals surface area (Å²) in [5.74, 6) is -2.70. The summed E-state index contributed by atoms with van der Waals surface area (Å²) < 4.78 is 34.7. The highest BCUT2D eigenvalue weighted by Crippen LogP contribution is 2.26. The number of hydrogen-bond acceptors (Lipinski definition) is 3. The lowest BCUT2D eigenvalue weighted by Crippen LogP contribution is -2.02. The second-order valence-electron chi connectivity index (χ2n) is 2.51. The van der Waals surface area contributed by atoms with E-state index in [1.54, 1.807) is 0 Å². The van der Waals surface area contributed by atoms with Crippen molar-refractivity contribution >= 4 is 37.3 Å². The van der Waals surface area contributed by atoms with E-state index in [0.29, 0.717) is 12.1 Å². The topological polar surface area (TPSA) is 71.4 Å². The molecule has 0 fully saturated rings. The molecule has 0 amide bonds. The molecule has 1 N–H and O–H groups in total. The normalized spacial score (nSPS) is 11.4. The molecule has 0 radical (unpaired) electrons. The standard InChI is InChI=1S/C7H3Cl2FO4S/c8-6-4(7(11)12)1-3(2-5(6)10)15(9,13)14/h1-2H,(H,11,12). The first-order valence-corrected chi connectivity index (χ1v) is 6.09. The Balaban J connectivity index is 3.57. The zero-order valence-electron chi connectivity index (χ0n) is 6.87. The third-order valence-electron chi connectivity index (χ3n) is 1.51. The van der Waals surface area contributed by atoms with Crippen molar-refractivity contribution in [2.75, 3.05) is 0 Å². The van der Waals surface area contributed by atoms with Gasteiger partial charge in [0.15, 0.2) is 0 Å². The molecule has 1 aromatic carbocycles. The van der Waals surface area contributed by atoms with Gasteiger partial charge in [0.05, 0.1) is 15.5 Å². The van der Waals surface area contributed by atoms with E-state index in [2.05, 4.69) is 0 Å². The van der Waals surface area contributed by atoms with Crippen LogP contribution in [-0.2, 0) is 9.05 Å². The number of benzene rings is 1. The van der Waals surface area contributed by atoms with Gasteiger partial charge in [-0.3, -0.25) is 0 Å². The fraction of sp³-hybridized carbons (Fsp3) is 0. The molecule has 1 aromatic rings. The van der Waals surface area contributed by atoms with Crippen LogP contribution in [0.1, 0.15) is 10.4 Å². The van der Waals surface area contributed by atoms with Crippen LogP contribution in [0.2, 0.25) is 5.02 Å². The van der Waals surface area contributed by atoms with Crippen molar-refractivity contribution in [2.24, 2.45) is 0 Å². The molecule has 8 heteroatoms. The molecule has 15 heavy (non-hydrogen) atoms. The van der Waals surface area contributed by atoms with E-state index >= 15 is 0 Å². The van der Waals surface area contributed by atoms with Gasteiger partial charge in [-0.1, -0.05) is 11.6 Å². The Morgan fingerprint density at radius 3 is 2.33 bits per heavy atom. The van der Waals surface area contributed by atoms with Gasteiger partial charge < -0.3 is 5.11 Å². The van der Waals surface area contributed by atoms with E-state index in [1.807, 2.05) is 0 Å². The zero-order valence-corrected chi connectivity index (χ0v) is 9.20. The highest BCUT2D eigenvalue weighted by Gasteiger charge is 2.20. The van der Waals surface area contributed by atoms with Gasteiger partial charge in [-0.25, -0.2) is 17.6 Å². The Morgan fingerprint density at radius 1 is 1.40 bits per heavy atom. The molecular weight excluding hydrogens is 270 g/mol. The molecule has 1 rings (SSSR count). The lowest BCUT2D eigenvalue weighted by atomic mass is 10.2. The fourth-order valence-electron chi connectivity index (χ4n) is 0.861. The molecule has 4 nitrogen and oxygen atoms in total. The first kappa shape index (κ1) is 12.2. The highest BCUT2D eigenvalue weighted by molar-refractivity contribution is 8.13. The smallest absolute Gasteiger partial charge is 0.337 e. The minimum absolute atomic E-state index is 0.553. The molecule has 0 unspecified atom stereocenters. The van der Waals surface area contributed by atoms with Gasteiger partial charge in [-0.2, -0.15) is 0 Å². The summed E-state index contributed by atoms with van der Waals surface area (Å²) in [6.45, 7) is 0. The highest BCUT2D eigenvalue weighted by atomic mass is 35.7. The molecule has 0 aliphatic rings. The second-order valence-corrected chi connectivity index (χ2v) is 5.45. The number of aromatic carboxylic acids is 1. The summed E-state index contributed by atoms with van der Waals surface area (Å²) in [6.07, 6.45) is 0. The minimum atomic E-state index is -4.19. The predicted octanol–water partition coefficient (Wildman–Crippen LogP) is 2.10. The molecule has 82 valence electrons. The van der Waals surface area contributed by atoms with Crippen LogP contribution >= 0.6 is 22.3 Å². The maximum Gasteiger partial charge on any atom is 0.337 e. The summed E-state index contributed by atoms with van der Waals surface area (Å²) in [6, 6.07) is 1.24. The van der Waals surface area contributed by atoms with Gasteiger partial charge in [0.1, 0.15) is 5.82 Å². The van der Waals surface area contributed by atoms with E-state index in [1.165, 1.54) is 0 Å². The molecule has 0 aliphatic carbocycles. The number of rotatable bonds is 2. The van der Waals surface area contributed by atoms with Crippen molar-refractivity contribution in [3.8, 4) is 0 Å². The van der Waals surface area contributed by atoms with E-state index in [-0.39, 0.29) is 0 Å². The molecule has 0 saturated carbocycles. The minimum Gasteiger partial charge on any atom is -0.478 e. The summed E-state index contributed by atoms with van der Waals surface area (Å²) >= 11 is 5.32. The van der Waals surface area contributed by atoms with Gasteiger partial charge in [-0.05, 0) is 12.1 Å². The third-order valence-corrected chi connectivity index (χ3v) is 3.23. The van der Waals surface area contributed by atoms with Crippen molar-refractivity contribution in [1.29, 1.82) is 0 Å². The Hall–Kier alpha value is -0.850. The van der Waals surface area contributed by atoms with Crippen molar-refractivity contribution < 1.29 is 22.7 Å². The van der Waals surface area contributed by atoms with Crippen molar-refractivity contribution in [1.82, 2.24) is 0 Å². The van der Waals surface area contributed by atoms with E-state index in [4.69, 9.17) is 27.4 Å². The van der Waals surface area contributed by atoms with Crippen LogP contribution in [0.4, 0.5) is 4.39 Å². The Kier molecular flexibility index (Phi) is 3.22. The molecule has 0 aromatic heterocycles. The zero-order chi connectivity index (χ0) is 11.8. The number of hydrogen-bond donors (Lipinski definition) is 1. The van der Waals surface area contributed by atoms with E-state index in [0.717, 1.165) is 0 Å². The van der Waals surface area contributed by atoms with Crippen LogP contribution in [0.3, 0.4) is 0 Å². The quantitative estimate of drug-likeness (QED) is 0.837. The number of carbonyl (C=O) groups is 1. The maximum absolute atomic E-state index is 13.0. The maximum atomic E-state index is 13.0. The average molecular weight is 273 g/mol. The van der Waals surface area contributed by atoms with Crippen molar-refractivity contribution in [3.63, 3.8) is 0 Å². The van der Waals surface area contributed by atoms with Crippen LogP contribution in [-0.4, -0.2) is 19.5 Å². The lowest BCUT2D eigenvalue weighted by molar-refractivity contribution is 0.0696. The van der Waals surface area contributed by atoms with Gasteiger partial charge in [0.25, 0.3) is 9.05 Å². The summed E-state index contributed by atoms with van der Waals surface area (Å²) in [5, 5.41) is 7.93. The summed E-state index contributed by atoms with van der Waals surface area (Å²) in [5.41, 5.74) is -0.657. The van der Waals surface area contributed by atoms with Crippen LogP contribution < -0.4 is 0 Å². The second kappa shape index (κ2) is 3.96. The van der Waals surface area contributed by atoms with Crippen molar-refractivity contribution in [3.05, 3.63) is 28.5 Å². The molecule has 0 heterocycles. The molecule has 0 saturated heterocycles. The summed E-state index contributed by atoms with van der Waals surface area (Å²) in [7, 11) is 0.741. The predicted molar refractivity (Wildman–Crippen MR) is 51.4 cm³/mol. The van der Waals surface area contributed by atoms with Gasteiger partial charge >= 0.3 is 5.97 Å². The van der Waals surface area contributed by atoms with E-state index in [9.17, 15) is 17.6 Å². The number of carboxylic acids is 1. The average Bonchev–Trinajstić information content (AvgIpc) is 2.06. The van der Waals surface area contributed by atoms with Crippen LogP contribution in [0.15, 0.2) is 17.0 Å². The van der Waals surface area contributed by atoms with Crippen LogP contribution in [0.25, 0.3) is 0 Å². The Morgan fingerprint density at radius 2 is 1.93 bits per heavy atom. The summed E-state index contributed by atoms with van der Waals surface area (Å²) in [4.78, 5) is 9.91. The van der Waals surface area contributed by atoms with Crippen LogP contribution in [0.5, 0.6) is 0 Å². The van der Waals surface area contributed by atoms with Gasteiger partial charge in [0, 0.05) is 10.7 Å². The van der Waals surface area contributed by atoms with Gasteiger partial charge in [0.2, 0.25) is 0 Å². The molecular formula is C7H3Cl2FO4S. The molecule has 0 spiro atoms. The lowest BCUT2D eigenvalue weighted by Gasteiger charge is -2.02. The van der Waals surface area contributed by atoms with Crippen LogP contribution in [0, 0.1) is 5.82 Å². The molecule has 0 aliphatic heterocycles. The third kappa shape index (κ3) is 2.58. The Bertz CT molecular complexity index is 526. The largest absolute Gasteiger partial charge is 0.478 e. The van der Waals surface area contributed by atoms with E-state index < -0.39 is 36.3 Å². The fourth-order valence-corrected chi connectivity index (χ4v) is 1.82. The van der Waals surface area contributed by atoms with Gasteiger partial charge in [-0.15, -0.1) is 0 Å². The number of carboxylic acid groups (broad SMARTS) is 1. The monoisotopic (exact) mass is 272 g/mol. The number of halogens is 3. The first-order chi connectivity index (χ1) is 6.73. The SMILES string of the molecule is O=C(O)c1cc(S(=O)(=O)Cl)cc(F)c1Cl. The first-order valence-electron chi connectivity index (χ1n) is 3.40. The van der Waals surface area contributed by atoms with Crippen molar-refractivity contribution in [2.45, 2.75) is 4.90 Å². The molecule has 0 atom stereocenters. The molecule has 0 bridgehead atoms. The Labute approximate surface area is 93.7 Å².